The topological polar surface area (TPSA) is 66.4 Å². The monoisotopic (exact) mass is 1260 g/mol. The fourth-order valence-electron chi connectivity index (χ4n) is 12.5. The number of halogens is 4. The number of hydrogen-bond acceptors (Lipinski definition) is 7. The molecule has 6 heterocycles. The van der Waals surface area contributed by atoms with Crippen molar-refractivity contribution in [1.82, 2.24) is 0 Å². The van der Waals surface area contributed by atoms with E-state index in [1.165, 1.54) is 0 Å². The molecule has 0 N–H and O–H groups in total. The van der Waals surface area contributed by atoms with Crippen LogP contribution in [0.4, 0.5) is 17.1 Å². The zero-order chi connectivity index (χ0) is 50.7. The molecule has 76 heavy (non-hydrogen) atoms. The minimum atomic E-state index is -6.73. The van der Waals surface area contributed by atoms with Crippen molar-refractivity contribution in [2.45, 2.75) is 13.8 Å². The van der Waals surface area contributed by atoms with Crippen LogP contribution in [-0.4, -0.2) is 19.7 Å². The van der Waals surface area contributed by atoms with E-state index in [1.807, 2.05) is 43.3 Å². The van der Waals surface area contributed by atoms with Crippen LogP contribution in [0.1, 0.15) is 11.1 Å². The van der Waals surface area contributed by atoms with Gasteiger partial charge in [0.15, 0.2) is 0 Å². The average molecular weight is 1260 g/mol. The number of rotatable bonds is 3. The van der Waals surface area contributed by atoms with Gasteiger partial charge in [-0.05, 0) is 0 Å². The fraction of sp³-hybridized carbons (Fsp3) is 0.0312. The quantitative estimate of drug-likeness (QED) is 0.0992. The molecule has 0 bridgehead atoms. The van der Waals surface area contributed by atoms with Crippen molar-refractivity contribution in [3.05, 3.63) is 201 Å². The summed E-state index contributed by atoms with van der Waals surface area (Å²) >= 11 is 22.0. The number of hydrogen-bond donors (Lipinski definition) is 0. The van der Waals surface area contributed by atoms with E-state index in [-0.39, 0.29) is 31.6 Å². The van der Waals surface area contributed by atoms with Crippen LogP contribution < -0.4 is 29.8 Å². The Balaban J connectivity index is 1.01. The summed E-state index contributed by atoms with van der Waals surface area (Å²) in [4.78, 5) is 2.27. The summed E-state index contributed by atoms with van der Waals surface area (Å²) in [6.45, 7) is 4.12. The molecule has 7 nitrogen and oxygen atoms in total. The van der Waals surface area contributed by atoms with E-state index in [2.05, 4.69) is 145 Å². The third kappa shape index (κ3) is 5.48. The molecule has 0 aliphatic carbocycles. The molecular formula is C64H34BiCl4NO6. The summed E-state index contributed by atoms with van der Waals surface area (Å²) in [5.74, 6) is 2.64. The molecule has 0 fully saturated rings. The molecule has 4 aliphatic rings. The molecule has 0 atom stereocenters. The van der Waals surface area contributed by atoms with Crippen LogP contribution in [0.15, 0.2) is 179 Å². The van der Waals surface area contributed by atoms with Crippen molar-refractivity contribution in [3.8, 4) is 56.8 Å². The van der Waals surface area contributed by atoms with Gasteiger partial charge in [-0.2, -0.15) is 0 Å². The van der Waals surface area contributed by atoms with Crippen molar-refractivity contribution in [1.29, 1.82) is 0 Å². The number of fused-ring (bicyclic) bond motifs is 9. The Labute approximate surface area is 455 Å². The van der Waals surface area contributed by atoms with E-state index >= 15 is 0 Å². The number of furan rings is 2. The summed E-state index contributed by atoms with van der Waals surface area (Å²) in [5, 5.41) is 8.71. The van der Waals surface area contributed by atoms with Gasteiger partial charge in [-0.3, -0.25) is 0 Å². The number of aryl methyl sites for hydroxylation is 2. The first kappa shape index (κ1) is 43.8. The molecule has 0 saturated carbocycles. The van der Waals surface area contributed by atoms with E-state index in [9.17, 15) is 0 Å². The second-order valence-electron chi connectivity index (χ2n) is 20.2. The SMILES string of the molecule is Cc1ccc(N2c3ccc(-c4ccc5oc6cc7ccccc7cc6c5c4)c4[c]3[Bi]35([O]c6c(Cl)c(Cl)c(Cl)c(Cl)c6[O]3)[c]3c(cc(C)cc3Oc3c(-c6ccc7oc8cc9ccccc9cc8c7c6)ccc2[c]35)O4)cc1. The molecular weight excluding hydrogens is 1230 g/mol. The molecule has 17 rings (SSSR count). The summed E-state index contributed by atoms with van der Waals surface area (Å²) in [5.41, 5.74) is 11.1. The standard InChI is InChI=1S/C58H34NO4.C6H2Cl4O2.Bi/c1-34-11-15-42(16-12-34)59-43-17-19-47(40-13-21-53-49(27-40)51-25-36-7-3-5-9-38(36)29-55(51)62-53)57(31-43)60-45-23-35(2)24-46(33-45)61-58-32-44(59)18-20-48(58)41-14-22-54-50(28-41)52-26-37-8-4-6-10-39(37)30-56(52)63-54;7-1-2(8)4(10)6(12)5(11)3(1)9;/h3-30H,1-2H3;11-12H;/q;;+2/p-2. The van der Waals surface area contributed by atoms with E-state index in [0.717, 1.165) is 122 Å². The maximum absolute atomic E-state index is 8.11. The van der Waals surface area contributed by atoms with Crippen LogP contribution in [0.3, 0.4) is 0 Å². The van der Waals surface area contributed by atoms with Gasteiger partial charge in [0.25, 0.3) is 0 Å². The van der Waals surface area contributed by atoms with Gasteiger partial charge in [-0.1, -0.05) is 0 Å². The molecule has 11 aromatic carbocycles. The number of anilines is 3. The van der Waals surface area contributed by atoms with Gasteiger partial charge in [-0.15, -0.1) is 0 Å². The molecule has 2 aromatic heterocycles. The van der Waals surface area contributed by atoms with Gasteiger partial charge in [0, 0.05) is 0 Å². The third-order valence-electron chi connectivity index (χ3n) is 15.8. The first-order valence-electron chi connectivity index (χ1n) is 24.7. The molecule has 1 spiro atoms. The zero-order valence-corrected chi connectivity index (χ0v) is 46.5. The minimum absolute atomic E-state index is 0.0585. The van der Waals surface area contributed by atoms with Crippen LogP contribution in [0.5, 0.6) is 34.5 Å². The average Bonchev–Trinajstić information content (AvgIpc) is 4.23. The second-order valence-corrected chi connectivity index (χ2v) is 35.8. The maximum atomic E-state index is 8.11. The Kier molecular flexibility index (Phi) is 8.61. The van der Waals surface area contributed by atoms with Gasteiger partial charge in [0.2, 0.25) is 0 Å². The predicted octanol–water partition coefficient (Wildman–Crippen LogP) is 18.2. The van der Waals surface area contributed by atoms with Crippen molar-refractivity contribution in [2.75, 3.05) is 4.90 Å². The Morgan fingerprint density at radius 1 is 0.382 bits per heavy atom. The molecule has 364 valence electrons. The normalized spacial score (nSPS) is 15.4. The van der Waals surface area contributed by atoms with E-state index in [4.69, 9.17) is 70.3 Å². The molecule has 13 aromatic rings. The van der Waals surface area contributed by atoms with Gasteiger partial charge in [-0.25, -0.2) is 0 Å². The molecule has 0 amide bonds. The van der Waals surface area contributed by atoms with Crippen LogP contribution in [0.2, 0.25) is 20.1 Å². The van der Waals surface area contributed by atoms with Crippen molar-refractivity contribution < 1.29 is 23.9 Å². The molecule has 0 unspecified atom stereocenters. The van der Waals surface area contributed by atoms with Gasteiger partial charge in [0.1, 0.15) is 0 Å². The van der Waals surface area contributed by atoms with Crippen molar-refractivity contribution >= 4 is 158 Å². The second kappa shape index (κ2) is 14.9. The Hall–Kier alpha value is -7.42. The predicted molar refractivity (Wildman–Crippen MR) is 310 cm³/mol. The summed E-state index contributed by atoms with van der Waals surface area (Å²) < 4.78 is 46.5. The van der Waals surface area contributed by atoms with Crippen LogP contribution >= 0.6 is 46.4 Å². The van der Waals surface area contributed by atoms with Crippen LogP contribution in [0.25, 0.3) is 87.7 Å². The van der Waals surface area contributed by atoms with Crippen molar-refractivity contribution in [3.63, 3.8) is 0 Å². The van der Waals surface area contributed by atoms with Crippen LogP contribution in [0, 0.1) is 13.8 Å². The Morgan fingerprint density at radius 3 is 1.30 bits per heavy atom. The Bertz CT molecular complexity index is 4610. The van der Waals surface area contributed by atoms with Crippen LogP contribution in [-0.2, 0) is 0 Å². The number of ether oxygens (including phenoxy) is 2. The molecule has 0 radical (unpaired) electrons. The zero-order valence-electron chi connectivity index (χ0n) is 40.0. The molecule has 0 saturated heterocycles. The summed E-state index contributed by atoms with van der Waals surface area (Å²) in [6, 6.07) is 59.1. The van der Waals surface area contributed by atoms with E-state index in [1.54, 1.807) is 0 Å². The first-order valence-corrected chi connectivity index (χ1v) is 34.3. The van der Waals surface area contributed by atoms with Gasteiger partial charge >= 0.3 is 459 Å². The van der Waals surface area contributed by atoms with Gasteiger partial charge in [0.05, 0.1) is 0 Å². The van der Waals surface area contributed by atoms with Crippen molar-refractivity contribution in [2.24, 2.45) is 0 Å². The molecule has 12 heteroatoms. The summed E-state index contributed by atoms with van der Waals surface area (Å²) in [6.07, 6.45) is 0. The Morgan fingerprint density at radius 2 is 0.829 bits per heavy atom. The van der Waals surface area contributed by atoms with Gasteiger partial charge < -0.3 is 0 Å². The number of benzene rings is 11. The third-order valence-corrected chi connectivity index (χ3v) is 36.3. The first-order chi connectivity index (χ1) is 37.0. The fourth-order valence-corrected chi connectivity index (χ4v) is 35.5. The van der Waals surface area contributed by atoms with E-state index < -0.39 is 19.7 Å². The molecule has 4 aliphatic heterocycles. The van der Waals surface area contributed by atoms with E-state index in [0.29, 0.717) is 26.3 Å². The summed E-state index contributed by atoms with van der Waals surface area (Å²) in [7, 11) is 0. The number of nitrogens with zero attached hydrogens (tertiary/aromatic N) is 1.